The number of amides is 2. The fourth-order valence-corrected chi connectivity index (χ4v) is 4.42. The number of hydrogen-bond donors (Lipinski definition) is 2. The first-order valence-corrected chi connectivity index (χ1v) is 11.4. The maximum absolute atomic E-state index is 12.4. The van der Waals surface area contributed by atoms with Gasteiger partial charge in [0.2, 0.25) is 5.91 Å². The third-order valence-electron chi connectivity index (χ3n) is 6.15. The number of carboxylic acid groups (broad SMARTS) is 1. The van der Waals surface area contributed by atoms with Crippen molar-refractivity contribution in [3.8, 4) is 11.1 Å². The molecule has 1 aliphatic rings. The number of carboxylic acids is 1. The summed E-state index contributed by atoms with van der Waals surface area (Å²) in [5.41, 5.74) is 4.72. The van der Waals surface area contributed by atoms with Crippen LogP contribution in [0.1, 0.15) is 50.2 Å². The third kappa shape index (κ3) is 6.12. The summed E-state index contributed by atoms with van der Waals surface area (Å²) >= 11 is 0. The number of nitrogens with one attached hydrogen (secondary N) is 1. The maximum Gasteiger partial charge on any atom is 0.407 e. The summed E-state index contributed by atoms with van der Waals surface area (Å²) in [5, 5.41) is 11.7. The van der Waals surface area contributed by atoms with Gasteiger partial charge < -0.3 is 20.1 Å². The molecule has 176 valence electrons. The van der Waals surface area contributed by atoms with Gasteiger partial charge in [-0.3, -0.25) is 9.59 Å². The molecule has 2 N–H and O–H groups in total. The molecule has 0 radical (unpaired) electrons. The number of benzene rings is 2. The lowest BCUT2D eigenvalue weighted by molar-refractivity contribution is -0.145. The quantitative estimate of drug-likeness (QED) is 0.561. The first-order chi connectivity index (χ1) is 15.8. The first-order valence-electron chi connectivity index (χ1n) is 11.4. The van der Waals surface area contributed by atoms with Crippen LogP contribution in [0.25, 0.3) is 11.1 Å². The van der Waals surface area contributed by atoms with Gasteiger partial charge in [0.15, 0.2) is 0 Å². The number of rotatable bonds is 10. The molecule has 0 saturated heterocycles. The summed E-state index contributed by atoms with van der Waals surface area (Å²) in [6.45, 7) is 3.67. The maximum atomic E-state index is 12.4. The average molecular weight is 453 g/mol. The Bertz CT molecular complexity index is 960. The molecule has 2 amide bonds. The van der Waals surface area contributed by atoms with E-state index in [-0.39, 0.29) is 36.9 Å². The van der Waals surface area contributed by atoms with Crippen molar-refractivity contribution in [3.63, 3.8) is 0 Å². The number of nitrogens with zero attached hydrogens (tertiary/aromatic N) is 1. The monoisotopic (exact) mass is 452 g/mol. The number of ether oxygens (including phenoxy) is 1. The number of aliphatic carboxylic acids is 1. The molecule has 0 heterocycles. The molecular formula is C26H32N2O5. The van der Waals surface area contributed by atoms with Gasteiger partial charge in [-0.15, -0.1) is 0 Å². The van der Waals surface area contributed by atoms with Gasteiger partial charge >= 0.3 is 12.1 Å². The predicted molar refractivity (Wildman–Crippen MR) is 126 cm³/mol. The van der Waals surface area contributed by atoms with Gasteiger partial charge in [0, 0.05) is 24.9 Å². The lowest BCUT2D eigenvalue weighted by atomic mass is 9.98. The van der Waals surface area contributed by atoms with Crippen LogP contribution in [0.2, 0.25) is 0 Å². The summed E-state index contributed by atoms with van der Waals surface area (Å²) in [6, 6.07) is 16.3. The smallest absolute Gasteiger partial charge is 0.407 e. The third-order valence-corrected chi connectivity index (χ3v) is 6.15. The summed E-state index contributed by atoms with van der Waals surface area (Å²) in [6.07, 6.45) is 1.61. The van der Waals surface area contributed by atoms with Crippen LogP contribution in [-0.2, 0) is 14.3 Å². The number of alkyl carbamates (subject to hydrolysis) is 1. The summed E-state index contributed by atoms with van der Waals surface area (Å²) in [5.74, 6) is -1.46. The molecular weight excluding hydrogens is 420 g/mol. The van der Waals surface area contributed by atoms with Crippen molar-refractivity contribution in [3.05, 3.63) is 59.7 Å². The second-order valence-electron chi connectivity index (χ2n) is 8.79. The minimum atomic E-state index is -1.03. The van der Waals surface area contributed by atoms with E-state index in [1.165, 1.54) is 34.2 Å². The van der Waals surface area contributed by atoms with Crippen LogP contribution in [0, 0.1) is 5.92 Å². The molecule has 1 aliphatic carbocycles. The van der Waals surface area contributed by atoms with Crippen LogP contribution in [0.3, 0.4) is 0 Å². The highest BCUT2D eigenvalue weighted by Crippen LogP contribution is 2.44. The molecule has 0 aliphatic heterocycles. The molecule has 0 fully saturated rings. The molecule has 2 unspecified atom stereocenters. The van der Waals surface area contributed by atoms with Crippen molar-refractivity contribution < 1.29 is 24.2 Å². The SMILES string of the molecule is CC(CCCC(C)C(=O)N(C)CC(=O)O)NC(=O)OCC1c2ccccc2-c2ccccc21. The predicted octanol–water partition coefficient (Wildman–Crippen LogP) is 4.26. The van der Waals surface area contributed by atoms with Gasteiger partial charge in [-0.25, -0.2) is 4.79 Å². The topological polar surface area (TPSA) is 95.9 Å². The Morgan fingerprint density at radius 2 is 1.58 bits per heavy atom. The zero-order chi connectivity index (χ0) is 24.0. The van der Waals surface area contributed by atoms with E-state index in [2.05, 4.69) is 29.6 Å². The molecule has 7 nitrogen and oxygen atoms in total. The van der Waals surface area contributed by atoms with Gasteiger partial charge in [0.1, 0.15) is 13.2 Å². The van der Waals surface area contributed by atoms with Crippen LogP contribution in [0.15, 0.2) is 48.5 Å². The van der Waals surface area contributed by atoms with E-state index < -0.39 is 12.1 Å². The summed E-state index contributed by atoms with van der Waals surface area (Å²) in [4.78, 5) is 36.6. The lowest BCUT2D eigenvalue weighted by Gasteiger charge is -2.20. The Morgan fingerprint density at radius 3 is 2.15 bits per heavy atom. The van der Waals surface area contributed by atoms with Gasteiger partial charge in [0.05, 0.1) is 0 Å². The Kier molecular flexibility index (Phi) is 8.09. The Morgan fingerprint density at radius 1 is 1.00 bits per heavy atom. The highest BCUT2D eigenvalue weighted by atomic mass is 16.5. The fourth-order valence-electron chi connectivity index (χ4n) is 4.42. The van der Waals surface area contributed by atoms with Crippen LogP contribution in [-0.4, -0.2) is 54.2 Å². The van der Waals surface area contributed by atoms with E-state index in [1.54, 1.807) is 6.92 Å². The highest BCUT2D eigenvalue weighted by molar-refractivity contribution is 5.82. The molecule has 0 spiro atoms. The largest absolute Gasteiger partial charge is 0.480 e. The van der Waals surface area contributed by atoms with Crippen LogP contribution >= 0.6 is 0 Å². The fraction of sp³-hybridized carbons (Fsp3) is 0.423. The van der Waals surface area contributed by atoms with E-state index in [9.17, 15) is 14.4 Å². The number of hydrogen-bond acceptors (Lipinski definition) is 4. The van der Waals surface area contributed by atoms with E-state index in [0.29, 0.717) is 12.8 Å². The van der Waals surface area contributed by atoms with Gasteiger partial charge in [-0.2, -0.15) is 0 Å². The van der Waals surface area contributed by atoms with E-state index in [1.807, 2.05) is 31.2 Å². The number of carbonyl (C=O) groups is 3. The minimum absolute atomic E-state index is 0.0214. The second kappa shape index (κ2) is 11.0. The standard InChI is InChI=1S/C26H32N2O5/c1-17(25(31)28(3)15-24(29)30)9-8-10-18(2)27-26(32)33-16-23-21-13-6-4-11-19(21)20-12-5-7-14-22(20)23/h4-7,11-14,17-18,23H,8-10,15-16H2,1-3H3,(H,27,32)(H,29,30). The van der Waals surface area contributed by atoms with Crippen molar-refractivity contribution in [2.24, 2.45) is 5.92 Å². The lowest BCUT2D eigenvalue weighted by Crippen LogP contribution is -2.36. The van der Waals surface area contributed by atoms with Crippen molar-refractivity contribution in [2.75, 3.05) is 20.2 Å². The Labute approximate surface area is 194 Å². The van der Waals surface area contributed by atoms with E-state index in [0.717, 1.165) is 6.42 Å². The first kappa shape index (κ1) is 24.3. The minimum Gasteiger partial charge on any atom is -0.480 e. The number of likely N-dealkylation sites (N-methyl/N-ethyl adjacent to an activating group) is 1. The van der Waals surface area contributed by atoms with Crippen LogP contribution in [0.4, 0.5) is 4.79 Å². The molecule has 2 aromatic rings. The van der Waals surface area contributed by atoms with Crippen molar-refractivity contribution in [1.29, 1.82) is 0 Å². The normalized spacial score (nSPS) is 14.0. The van der Waals surface area contributed by atoms with Gasteiger partial charge in [-0.05, 0) is 42.0 Å². The molecule has 0 saturated carbocycles. The molecule has 2 aromatic carbocycles. The number of carbonyl (C=O) groups excluding carboxylic acids is 2. The van der Waals surface area contributed by atoms with Crippen LogP contribution in [0.5, 0.6) is 0 Å². The molecule has 7 heteroatoms. The second-order valence-corrected chi connectivity index (χ2v) is 8.79. The molecule has 2 atom stereocenters. The highest BCUT2D eigenvalue weighted by Gasteiger charge is 2.29. The van der Waals surface area contributed by atoms with Crippen molar-refractivity contribution in [2.45, 2.75) is 45.1 Å². The van der Waals surface area contributed by atoms with E-state index in [4.69, 9.17) is 9.84 Å². The molecule has 0 bridgehead atoms. The summed E-state index contributed by atoms with van der Waals surface area (Å²) in [7, 11) is 1.49. The van der Waals surface area contributed by atoms with Crippen molar-refractivity contribution in [1.82, 2.24) is 10.2 Å². The molecule has 33 heavy (non-hydrogen) atoms. The van der Waals surface area contributed by atoms with Gasteiger partial charge in [-0.1, -0.05) is 61.9 Å². The average Bonchev–Trinajstić information content (AvgIpc) is 3.10. The Hall–Kier alpha value is -3.35. The number of fused-ring (bicyclic) bond motifs is 3. The van der Waals surface area contributed by atoms with E-state index >= 15 is 0 Å². The zero-order valence-electron chi connectivity index (χ0n) is 19.4. The summed E-state index contributed by atoms with van der Waals surface area (Å²) < 4.78 is 5.58. The van der Waals surface area contributed by atoms with Gasteiger partial charge in [0.25, 0.3) is 0 Å². The molecule has 0 aromatic heterocycles. The zero-order valence-corrected chi connectivity index (χ0v) is 19.4. The van der Waals surface area contributed by atoms with Crippen molar-refractivity contribution >= 4 is 18.0 Å². The van der Waals surface area contributed by atoms with Crippen LogP contribution < -0.4 is 5.32 Å². The Balaban J connectivity index is 1.43. The molecule has 3 rings (SSSR count).